The number of ether oxygens (including phenoxy) is 1. The lowest BCUT2D eigenvalue weighted by molar-refractivity contribution is 0.483. The Labute approximate surface area is 312 Å². The third-order valence-corrected chi connectivity index (χ3v) is 9.64. The number of hydrogen-bond acceptors (Lipinski definition) is 3. The zero-order valence-electron chi connectivity index (χ0n) is 36.5. The van der Waals surface area contributed by atoms with Gasteiger partial charge in [-0.1, -0.05) is 75.2 Å². The number of hydrogen-bond donors (Lipinski definition) is 0. The van der Waals surface area contributed by atoms with Gasteiger partial charge in [0.05, 0.1) is 49.8 Å². The Hall–Kier alpha value is -6.66. The highest BCUT2D eigenvalue weighted by atomic mass is 16.5. The Balaban J connectivity index is 1.21. The lowest BCUT2D eigenvalue weighted by Crippen LogP contribution is -2.12. The number of aromatic nitrogens is 5. The number of fused-ring (bicyclic) bond motifs is 7. The highest BCUT2D eigenvalue weighted by Gasteiger charge is 2.20. The zero-order valence-corrected chi connectivity index (χ0v) is 28.5. The van der Waals surface area contributed by atoms with E-state index in [0.29, 0.717) is 23.0 Å². The highest BCUT2D eigenvalue weighted by molar-refractivity contribution is 6.12. The maximum absolute atomic E-state index is 9.02. The van der Waals surface area contributed by atoms with Gasteiger partial charge in [0.1, 0.15) is 23.6 Å². The van der Waals surface area contributed by atoms with Crippen molar-refractivity contribution >= 4 is 54.6 Å². The monoisotopic (exact) mass is 681 g/mol. The van der Waals surface area contributed by atoms with E-state index in [0.717, 1.165) is 44.1 Å². The van der Waals surface area contributed by atoms with Gasteiger partial charge >= 0.3 is 0 Å². The van der Waals surface area contributed by atoms with Crippen LogP contribution >= 0.6 is 0 Å². The van der Waals surface area contributed by atoms with E-state index in [2.05, 4.69) is 36.4 Å². The van der Waals surface area contributed by atoms with E-state index in [4.69, 9.17) is 20.7 Å². The third-order valence-electron chi connectivity index (χ3n) is 9.64. The molecule has 250 valence electrons. The fourth-order valence-corrected chi connectivity index (χ4v) is 7.12. The van der Waals surface area contributed by atoms with E-state index in [9.17, 15) is 0 Å². The second-order valence-corrected chi connectivity index (χ2v) is 13.9. The molecule has 0 bridgehead atoms. The van der Waals surface area contributed by atoms with Gasteiger partial charge in [-0.15, -0.1) is 0 Å². The Morgan fingerprint density at radius 1 is 0.558 bits per heavy atom. The molecule has 10 aromatic rings. The summed E-state index contributed by atoms with van der Waals surface area (Å²) in [6.45, 7) is 6.44. The van der Waals surface area contributed by atoms with Crippen LogP contribution < -0.4 is 4.74 Å². The summed E-state index contributed by atoms with van der Waals surface area (Å²) in [6, 6.07) is 27.9. The fourth-order valence-electron chi connectivity index (χ4n) is 7.12. The third kappa shape index (κ3) is 4.79. The second kappa shape index (κ2) is 11.4. The lowest BCUT2D eigenvalue weighted by atomic mass is 9.88. The molecular formula is C46H35N5O. The summed E-state index contributed by atoms with van der Waals surface area (Å²) in [5, 5.41) is 1.68. The van der Waals surface area contributed by atoms with E-state index >= 15 is 0 Å². The van der Waals surface area contributed by atoms with Gasteiger partial charge in [-0.2, -0.15) is 0 Å². The first-order valence-corrected chi connectivity index (χ1v) is 17.0. The van der Waals surface area contributed by atoms with Crippen molar-refractivity contribution in [3.63, 3.8) is 0 Å². The van der Waals surface area contributed by atoms with E-state index < -0.39 is 24.2 Å². The van der Waals surface area contributed by atoms with Crippen molar-refractivity contribution in [3.05, 3.63) is 163 Å². The van der Waals surface area contributed by atoms with Crippen molar-refractivity contribution in [1.82, 2.24) is 23.7 Å². The molecule has 0 fully saturated rings. The Morgan fingerprint density at radius 3 is 2.13 bits per heavy atom. The first-order valence-electron chi connectivity index (χ1n) is 21.0. The van der Waals surface area contributed by atoms with Gasteiger partial charge in [0.25, 0.3) is 0 Å². The Bertz CT molecular complexity index is 3380. The molecule has 0 saturated carbocycles. The quantitative estimate of drug-likeness (QED) is 0.182. The number of para-hydroxylation sites is 4. The number of imidazole rings is 1. The van der Waals surface area contributed by atoms with Crippen molar-refractivity contribution < 1.29 is 15.7 Å². The molecule has 0 aliphatic carbocycles. The van der Waals surface area contributed by atoms with Gasteiger partial charge in [0.2, 0.25) is 0 Å². The van der Waals surface area contributed by atoms with E-state index in [1.807, 2.05) is 89.5 Å². The second-order valence-electron chi connectivity index (χ2n) is 13.9. The van der Waals surface area contributed by atoms with Crippen LogP contribution in [-0.4, -0.2) is 23.7 Å². The van der Waals surface area contributed by atoms with Gasteiger partial charge < -0.3 is 9.30 Å². The minimum atomic E-state index is -0.484. The van der Waals surface area contributed by atoms with Crippen LogP contribution in [0.15, 0.2) is 158 Å². The zero-order chi connectivity index (χ0) is 41.9. The van der Waals surface area contributed by atoms with Crippen molar-refractivity contribution in [2.45, 2.75) is 26.2 Å². The largest absolute Gasteiger partial charge is 0.457 e. The van der Waals surface area contributed by atoms with Crippen LogP contribution in [0, 0.1) is 0 Å². The van der Waals surface area contributed by atoms with Crippen LogP contribution in [0.5, 0.6) is 11.5 Å². The number of pyridine rings is 1. The normalized spacial score (nSPS) is 14.3. The summed E-state index contributed by atoms with van der Waals surface area (Å²) in [4.78, 5) is 9.40. The van der Waals surface area contributed by atoms with Gasteiger partial charge in [-0.3, -0.25) is 9.13 Å². The highest BCUT2D eigenvalue weighted by Crippen LogP contribution is 2.39. The topological polar surface area (TPSA) is 49.8 Å². The van der Waals surface area contributed by atoms with Crippen LogP contribution in [0.4, 0.5) is 0 Å². The molecule has 0 aliphatic heterocycles. The standard InChI is InChI=1S/C46H35N5O/c1-46(2,3)30-23-24-47-45(25-30)51-42-22-19-32(50-40-16-7-4-13-35(40)36-14-5-8-17-41(36)50)27-38(42)37-21-20-34(28-44(37)51)52-33-12-10-11-31(26-33)49-29-48-39-15-6-9-18-43(39)49/h4-29H,1-3H3/i4D,5D,7D,8D,13D,14D,16D,17D. The molecule has 0 N–H and O–H groups in total. The number of nitrogens with zero attached hydrogens (tertiary/aromatic N) is 5. The summed E-state index contributed by atoms with van der Waals surface area (Å²) in [7, 11) is 0. The molecule has 6 aromatic carbocycles. The molecule has 0 aliphatic rings. The minimum Gasteiger partial charge on any atom is -0.457 e. The summed E-state index contributed by atoms with van der Waals surface area (Å²) in [6.07, 6.45) is 3.59. The van der Waals surface area contributed by atoms with Crippen LogP contribution in [0.2, 0.25) is 0 Å². The van der Waals surface area contributed by atoms with Crippen LogP contribution in [-0.2, 0) is 5.41 Å². The van der Waals surface area contributed by atoms with E-state index in [-0.39, 0.29) is 51.4 Å². The molecule has 0 amide bonds. The minimum absolute atomic E-state index is 0.0285. The van der Waals surface area contributed by atoms with Crippen LogP contribution in [0.25, 0.3) is 71.8 Å². The maximum Gasteiger partial charge on any atom is 0.137 e. The molecule has 0 spiro atoms. The first kappa shape index (κ1) is 22.9. The Morgan fingerprint density at radius 2 is 1.33 bits per heavy atom. The Kier molecular flexibility index (Phi) is 5.04. The van der Waals surface area contributed by atoms with Crippen molar-refractivity contribution in [3.8, 4) is 28.7 Å². The average molecular weight is 682 g/mol. The van der Waals surface area contributed by atoms with Crippen molar-refractivity contribution in [2.24, 2.45) is 0 Å². The van der Waals surface area contributed by atoms with Gasteiger partial charge in [-0.25, -0.2) is 9.97 Å². The van der Waals surface area contributed by atoms with Crippen LogP contribution in [0.1, 0.15) is 37.3 Å². The number of rotatable bonds is 5. The molecule has 10 rings (SSSR count). The predicted octanol–water partition coefficient (Wildman–Crippen LogP) is 11.7. The maximum atomic E-state index is 9.02. The van der Waals surface area contributed by atoms with Gasteiger partial charge in [0.15, 0.2) is 0 Å². The predicted molar refractivity (Wildman–Crippen MR) is 213 cm³/mol. The molecule has 6 nitrogen and oxygen atoms in total. The molecule has 4 aromatic heterocycles. The molecule has 4 heterocycles. The molecule has 6 heteroatoms. The van der Waals surface area contributed by atoms with Crippen molar-refractivity contribution in [2.75, 3.05) is 0 Å². The lowest BCUT2D eigenvalue weighted by Gasteiger charge is -2.20. The summed E-state index contributed by atoms with van der Waals surface area (Å²) in [5.41, 5.74) is 5.85. The fraction of sp³-hybridized carbons (Fsp3) is 0.0870. The molecule has 52 heavy (non-hydrogen) atoms. The van der Waals surface area contributed by atoms with E-state index in [1.54, 1.807) is 18.6 Å². The van der Waals surface area contributed by atoms with Crippen molar-refractivity contribution in [1.29, 1.82) is 0 Å². The molecule has 0 saturated heterocycles. The average Bonchev–Trinajstić information content (AvgIpc) is 3.94. The first-order chi connectivity index (χ1) is 28.7. The van der Waals surface area contributed by atoms with Gasteiger partial charge in [-0.05, 0) is 89.8 Å². The van der Waals surface area contributed by atoms with E-state index in [1.165, 1.54) is 4.57 Å². The number of benzene rings is 6. The smallest absolute Gasteiger partial charge is 0.137 e. The van der Waals surface area contributed by atoms with Gasteiger partial charge in [0, 0.05) is 45.6 Å². The van der Waals surface area contributed by atoms with Crippen LogP contribution in [0.3, 0.4) is 0 Å². The molecular weight excluding hydrogens is 639 g/mol. The summed E-state index contributed by atoms with van der Waals surface area (Å²) >= 11 is 0. The molecule has 0 unspecified atom stereocenters. The summed E-state index contributed by atoms with van der Waals surface area (Å²) in [5.74, 6) is 1.89. The molecule has 0 radical (unpaired) electrons. The SMILES string of the molecule is [2H]c1c([2H])c([2H])c2c(c1[2H])c1c([2H])c([2H])c([2H])c([2H])c1n2-c1ccc2c(c1)c1ccc(Oc3cccc(-n4cnc5ccccc54)c3)cc1n2-c1cc(C(C)(C)C)ccn1. The molecule has 0 atom stereocenters. The summed E-state index contributed by atoms with van der Waals surface area (Å²) < 4.78 is 82.0.